The van der Waals surface area contributed by atoms with Gasteiger partial charge in [-0.2, -0.15) is 0 Å². The van der Waals surface area contributed by atoms with Gasteiger partial charge in [-0.15, -0.1) is 0 Å². The summed E-state index contributed by atoms with van der Waals surface area (Å²) in [5.74, 6) is 2.70. The number of hydrogen-bond donors (Lipinski definition) is 1. The SMILES string of the molecule is c1cnc2c(c1)CN(c1nccnc1-c1ccc(OCc3ccc4c(n3)NCCC4)cc1)CC2. The van der Waals surface area contributed by atoms with Gasteiger partial charge in [0.05, 0.1) is 5.69 Å². The fourth-order valence-electron chi connectivity index (χ4n) is 4.63. The average molecular weight is 451 g/mol. The lowest BCUT2D eigenvalue weighted by Gasteiger charge is -2.30. The highest BCUT2D eigenvalue weighted by molar-refractivity contribution is 5.72. The van der Waals surface area contributed by atoms with Crippen LogP contribution in [0.2, 0.25) is 0 Å². The molecule has 4 aromatic rings. The molecular weight excluding hydrogens is 424 g/mol. The van der Waals surface area contributed by atoms with Crippen LogP contribution in [0.5, 0.6) is 5.75 Å². The van der Waals surface area contributed by atoms with Crippen molar-refractivity contribution >= 4 is 11.6 Å². The van der Waals surface area contributed by atoms with E-state index in [0.717, 1.165) is 73.2 Å². The molecule has 0 unspecified atom stereocenters. The third-order valence-corrected chi connectivity index (χ3v) is 6.41. The highest BCUT2D eigenvalue weighted by Gasteiger charge is 2.21. The predicted molar refractivity (Wildman–Crippen MR) is 132 cm³/mol. The van der Waals surface area contributed by atoms with Crippen LogP contribution in [0.15, 0.2) is 67.1 Å². The summed E-state index contributed by atoms with van der Waals surface area (Å²) in [4.78, 5) is 20.9. The topological polar surface area (TPSA) is 76.1 Å². The minimum Gasteiger partial charge on any atom is -0.487 e. The largest absolute Gasteiger partial charge is 0.487 e. The first-order valence-electron chi connectivity index (χ1n) is 11.8. The molecule has 2 aliphatic heterocycles. The van der Waals surface area contributed by atoms with E-state index in [-0.39, 0.29) is 0 Å². The molecule has 0 aliphatic carbocycles. The van der Waals surface area contributed by atoms with Crippen LogP contribution in [0, 0.1) is 0 Å². The first-order valence-corrected chi connectivity index (χ1v) is 11.8. The van der Waals surface area contributed by atoms with Gasteiger partial charge in [0.1, 0.15) is 23.9 Å². The number of anilines is 2. The van der Waals surface area contributed by atoms with Crippen LogP contribution in [-0.2, 0) is 26.0 Å². The number of nitrogens with one attached hydrogen (secondary N) is 1. The van der Waals surface area contributed by atoms with Gasteiger partial charge in [-0.25, -0.2) is 9.97 Å². The normalized spacial score (nSPS) is 14.6. The number of rotatable bonds is 5. The van der Waals surface area contributed by atoms with Crippen LogP contribution in [0.25, 0.3) is 11.3 Å². The van der Waals surface area contributed by atoms with Gasteiger partial charge in [-0.05, 0) is 60.4 Å². The van der Waals surface area contributed by atoms with Crippen molar-refractivity contribution in [2.75, 3.05) is 23.3 Å². The minimum absolute atomic E-state index is 0.436. The predicted octanol–water partition coefficient (Wildman–Crippen LogP) is 4.43. The summed E-state index contributed by atoms with van der Waals surface area (Å²) >= 11 is 0. The van der Waals surface area contributed by atoms with Crippen LogP contribution in [0.4, 0.5) is 11.6 Å². The Labute approximate surface area is 198 Å². The number of aryl methyl sites for hydroxylation is 1. The van der Waals surface area contributed by atoms with Crippen molar-refractivity contribution in [3.63, 3.8) is 0 Å². The van der Waals surface area contributed by atoms with Crippen LogP contribution < -0.4 is 15.0 Å². The van der Waals surface area contributed by atoms with E-state index in [2.05, 4.69) is 43.4 Å². The molecule has 0 spiro atoms. The van der Waals surface area contributed by atoms with E-state index in [9.17, 15) is 0 Å². The van der Waals surface area contributed by atoms with Crippen molar-refractivity contribution in [3.05, 3.63) is 89.6 Å². The minimum atomic E-state index is 0.436. The molecule has 7 heteroatoms. The van der Waals surface area contributed by atoms with E-state index in [1.807, 2.05) is 36.5 Å². The second-order valence-corrected chi connectivity index (χ2v) is 8.66. The lowest BCUT2D eigenvalue weighted by atomic mass is 10.0. The zero-order valence-electron chi connectivity index (χ0n) is 18.9. The lowest BCUT2D eigenvalue weighted by Crippen LogP contribution is -2.32. The van der Waals surface area contributed by atoms with Gasteiger partial charge >= 0.3 is 0 Å². The third kappa shape index (κ3) is 4.17. The maximum absolute atomic E-state index is 6.02. The molecule has 0 radical (unpaired) electrons. The molecule has 6 rings (SSSR count). The molecule has 0 atom stereocenters. The molecule has 5 heterocycles. The smallest absolute Gasteiger partial charge is 0.155 e. The molecule has 0 fully saturated rings. The van der Waals surface area contributed by atoms with Crippen molar-refractivity contribution in [1.82, 2.24) is 19.9 Å². The Morgan fingerprint density at radius 3 is 2.74 bits per heavy atom. The summed E-state index contributed by atoms with van der Waals surface area (Å²) in [6.07, 6.45) is 8.53. The molecule has 3 aromatic heterocycles. The van der Waals surface area contributed by atoms with Gasteiger partial charge in [0.2, 0.25) is 0 Å². The Morgan fingerprint density at radius 2 is 1.79 bits per heavy atom. The van der Waals surface area contributed by atoms with Gasteiger partial charge < -0.3 is 15.0 Å². The maximum Gasteiger partial charge on any atom is 0.155 e. The summed E-state index contributed by atoms with van der Waals surface area (Å²) in [7, 11) is 0. The Balaban J connectivity index is 1.17. The van der Waals surface area contributed by atoms with E-state index in [1.165, 1.54) is 16.8 Å². The molecule has 0 amide bonds. The van der Waals surface area contributed by atoms with Crippen molar-refractivity contribution in [2.45, 2.75) is 32.4 Å². The number of benzene rings is 1. The van der Waals surface area contributed by atoms with Gasteiger partial charge in [0, 0.05) is 55.9 Å². The highest BCUT2D eigenvalue weighted by Crippen LogP contribution is 2.31. The fraction of sp³-hybridized carbons (Fsp3) is 0.259. The summed E-state index contributed by atoms with van der Waals surface area (Å²) in [6.45, 7) is 3.08. The monoisotopic (exact) mass is 450 g/mol. The molecule has 34 heavy (non-hydrogen) atoms. The fourth-order valence-corrected chi connectivity index (χ4v) is 4.63. The maximum atomic E-state index is 6.02. The van der Waals surface area contributed by atoms with Crippen LogP contribution in [0.1, 0.15) is 28.9 Å². The van der Waals surface area contributed by atoms with Crippen molar-refractivity contribution in [1.29, 1.82) is 0 Å². The van der Waals surface area contributed by atoms with E-state index in [1.54, 1.807) is 12.4 Å². The molecule has 2 aliphatic rings. The van der Waals surface area contributed by atoms with E-state index < -0.39 is 0 Å². The van der Waals surface area contributed by atoms with E-state index >= 15 is 0 Å². The average Bonchev–Trinajstić information content (AvgIpc) is 2.92. The Kier molecular flexibility index (Phi) is 5.51. The van der Waals surface area contributed by atoms with Crippen LogP contribution in [-0.4, -0.2) is 33.0 Å². The zero-order valence-corrected chi connectivity index (χ0v) is 18.9. The Hall–Kier alpha value is -4.00. The van der Waals surface area contributed by atoms with Crippen LogP contribution >= 0.6 is 0 Å². The molecule has 1 aromatic carbocycles. The van der Waals surface area contributed by atoms with Crippen molar-refractivity contribution in [2.24, 2.45) is 0 Å². The standard InChI is InChI=1S/C27H26N6O/c1-3-20-5-8-22(32-26(20)30-13-1)18-34-23-9-6-19(7-10-23)25-27(31-15-14-29-25)33-16-11-24-21(17-33)4-2-12-28-24/h2,4-10,12,14-15H,1,3,11,13,16-18H2,(H,30,32). The molecule has 0 bridgehead atoms. The summed E-state index contributed by atoms with van der Waals surface area (Å²) < 4.78 is 6.02. The number of pyridine rings is 2. The first-order chi connectivity index (χ1) is 16.8. The van der Waals surface area contributed by atoms with E-state index in [4.69, 9.17) is 9.72 Å². The van der Waals surface area contributed by atoms with Gasteiger partial charge in [0.15, 0.2) is 5.82 Å². The molecule has 7 nitrogen and oxygen atoms in total. The second-order valence-electron chi connectivity index (χ2n) is 8.66. The summed E-state index contributed by atoms with van der Waals surface area (Å²) in [6, 6.07) is 16.4. The molecule has 0 saturated carbocycles. The number of hydrogen-bond acceptors (Lipinski definition) is 7. The van der Waals surface area contributed by atoms with Crippen molar-refractivity contribution < 1.29 is 4.74 Å². The first kappa shape index (κ1) is 20.6. The number of aromatic nitrogens is 4. The molecule has 0 saturated heterocycles. The van der Waals surface area contributed by atoms with Gasteiger partial charge in [-0.1, -0.05) is 12.1 Å². The summed E-state index contributed by atoms with van der Waals surface area (Å²) in [5, 5.41) is 3.38. The highest BCUT2D eigenvalue weighted by atomic mass is 16.5. The summed E-state index contributed by atoms with van der Waals surface area (Å²) in [5.41, 5.74) is 6.53. The molecule has 1 N–H and O–H groups in total. The Bertz CT molecular complexity index is 1310. The zero-order chi connectivity index (χ0) is 22.7. The molecular formula is C27H26N6O. The quantitative estimate of drug-likeness (QED) is 0.482. The molecule has 170 valence electrons. The third-order valence-electron chi connectivity index (χ3n) is 6.41. The van der Waals surface area contributed by atoms with Gasteiger partial charge in [0.25, 0.3) is 0 Å². The van der Waals surface area contributed by atoms with Gasteiger partial charge in [-0.3, -0.25) is 9.97 Å². The Morgan fingerprint density at radius 1 is 0.882 bits per heavy atom. The van der Waals surface area contributed by atoms with Crippen LogP contribution in [0.3, 0.4) is 0 Å². The lowest BCUT2D eigenvalue weighted by molar-refractivity contribution is 0.301. The number of ether oxygens (including phenoxy) is 1. The number of fused-ring (bicyclic) bond motifs is 2. The second kappa shape index (κ2) is 9.09. The number of nitrogens with zero attached hydrogens (tertiary/aromatic N) is 5. The van der Waals surface area contributed by atoms with E-state index in [0.29, 0.717) is 6.61 Å². The van der Waals surface area contributed by atoms with Crippen molar-refractivity contribution in [3.8, 4) is 17.0 Å².